The van der Waals surface area contributed by atoms with Crippen LogP contribution in [0.15, 0.2) is 66.7 Å². The van der Waals surface area contributed by atoms with Gasteiger partial charge in [-0.1, -0.05) is 36.4 Å². The maximum Gasteiger partial charge on any atom is 0.345 e. The van der Waals surface area contributed by atoms with Crippen molar-refractivity contribution in [1.29, 1.82) is 0 Å². The molecule has 0 aliphatic rings. The first-order chi connectivity index (χ1) is 13.4. The van der Waals surface area contributed by atoms with E-state index in [1.807, 2.05) is 81.4 Å². The molecular weight excluding hydrogens is 352 g/mol. The van der Waals surface area contributed by atoms with Crippen molar-refractivity contribution in [2.75, 3.05) is 0 Å². The van der Waals surface area contributed by atoms with Gasteiger partial charge >= 0.3 is 5.97 Å². The summed E-state index contributed by atoms with van der Waals surface area (Å²) in [4.78, 5) is 11.7. The highest BCUT2D eigenvalue weighted by atomic mass is 16.5. The standard InChI is InChI=1S/C24H24O4/c1-16-13-17(2)18(3)22(14-16)28-23(24(25)26)15-19-9-11-21(12-10-19)27-20-7-5-4-6-8-20/h4-14,23H,15H2,1-3H3,(H,25,26). The van der Waals surface area contributed by atoms with E-state index in [-0.39, 0.29) is 6.42 Å². The number of hydrogen-bond acceptors (Lipinski definition) is 3. The van der Waals surface area contributed by atoms with Crippen LogP contribution in [-0.2, 0) is 11.2 Å². The summed E-state index contributed by atoms with van der Waals surface area (Å²) in [5, 5.41) is 9.63. The lowest BCUT2D eigenvalue weighted by atomic mass is 10.0. The van der Waals surface area contributed by atoms with Gasteiger partial charge in [0.2, 0.25) is 0 Å². The van der Waals surface area contributed by atoms with Crippen LogP contribution < -0.4 is 9.47 Å². The van der Waals surface area contributed by atoms with E-state index in [2.05, 4.69) is 6.07 Å². The average Bonchev–Trinajstić information content (AvgIpc) is 2.67. The molecule has 0 heterocycles. The molecule has 1 atom stereocenters. The molecule has 0 aliphatic carbocycles. The summed E-state index contributed by atoms with van der Waals surface area (Å²) in [6, 6.07) is 20.9. The van der Waals surface area contributed by atoms with Gasteiger partial charge in [0, 0.05) is 6.42 Å². The van der Waals surface area contributed by atoms with Crippen LogP contribution in [0.25, 0.3) is 0 Å². The van der Waals surface area contributed by atoms with Gasteiger partial charge in [0.05, 0.1) is 0 Å². The number of benzene rings is 3. The van der Waals surface area contributed by atoms with Gasteiger partial charge in [0.25, 0.3) is 0 Å². The average molecular weight is 376 g/mol. The van der Waals surface area contributed by atoms with Crippen LogP contribution in [0.5, 0.6) is 17.2 Å². The number of hydrogen-bond donors (Lipinski definition) is 1. The van der Waals surface area contributed by atoms with Crippen LogP contribution in [0.3, 0.4) is 0 Å². The Morgan fingerprint density at radius 1 is 0.929 bits per heavy atom. The second-order valence-corrected chi connectivity index (χ2v) is 6.91. The van der Waals surface area contributed by atoms with E-state index >= 15 is 0 Å². The van der Waals surface area contributed by atoms with Crippen LogP contribution in [0.2, 0.25) is 0 Å². The van der Waals surface area contributed by atoms with E-state index in [1.54, 1.807) is 0 Å². The van der Waals surface area contributed by atoms with Gasteiger partial charge in [0.1, 0.15) is 17.2 Å². The zero-order chi connectivity index (χ0) is 20.1. The molecule has 0 fully saturated rings. The summed E-state index contributed by atoms with van der Waals surface area (Å²) in [6.45, 7) is 5.91. The first-order valence-corrected chi connectivity index (χ1v) is 9.21. The number of carbonyl (C=O) groups is 1. The zero-order valence-corrected chi connectivity index (χ0v) is 16.3. The van der Waals surface area contributed by atoms with Gasteiger partial charge < -0.3 is 14.6 Å². The minimum Gasteiger partial charge on any atom is -0.478 e. The Balaban J connectivity index is 1.72. The molecule has 0 spiro atoms. The van der Waals surface area contributed by atoms with Crippen LogP contribution in [0, 0.1) is 20.8 Å². The molecule has 0 bridgehead atoms. The molecule has 3 rings (SSSR count). The number of carboxylic acids is 1. The van der Waals surface area contributed by atoms with E-state index in [9.17, 15) is 9.90 Å². The van der Waals surface area contributed by atoms with Crippen molar-refractivity contribution < 1.29 is 19.4 Å². The van der Waals surface area contributed by atoms with Crippen molar-refractivity contribution >= 4 is 5.97 Å². The lowest BCUT2D eigenvalue weighted by Crippen LogP contribution is -2.29. The molecule has 1 unspecified atom stereocenters. The Labute approximate surface area is 165 Å². The van der Waals surface area contributed by atoms with Crippen molar-refractivity contribution in [1.82, 2.24) is 0 Å². The Hall–Kier alpha value is -3.27. The lowest BCUT2D eigenvalue weighted by Gasteiger charge is -2.18. The SMILES string of the molecule is Cc1cc(C)c(C)c(OC(Cc2ccc(Oc3ccccc3)cc2)C(=O)O)c1. The van der Waals surface area contributed by atoms with E-state index in [0.29, 0.717) is 11.5 Å². The van der Waals surface area contributed by atoms with Crippen LogP contribution in [0.1, 0.15) is 22.3 Å². The number of rotatable bonds is 7. The maximum absolute atomic E-state index is 11.7. The van der Waals surface area contributed by atoms with Crippen LogP contribution in [0.4, 0.5) is 0 Å². The van der Waals surface area contributed by atoms with Crippen LogP contribution in [-0.4, -0.2) is 17.2 Å². The highest BCUT2D eigenvalue weighted by Gasteiger charge is 2.21. The fourth-order valence-electron chi connectivity index (χ4n) is 2.99. The largest absolute Gasteiger partial charge is 0.478 e. The zero-order valence-electron chi connectivity index (χ0n) is 16.3. The minimum absolute atomic E-state index is 0.271. The normalized spacial score (nSPS) is 11.7. The molecule has 144 valence electrons. The van der Waals surface area contributed by atoms with E-state index in [0.717, 1.165) is 28.0 Å². The predicted molar refractivity (Wildman–Crippen MR) is 109 cm³/mol. The second-order valence-electron chi connectivity index (χ2n) is 6.91. The number of ether oxygens (including phenoxy) is 2. The Morgan fingerprint density at radius 3 is 2.21 bits per heavy atom. The summed E-state index contributed by atoms with van der Waals surface area (Å²) in [5.74, 6) is 1.09. The monoisotopic (exact) mass is 376 g/mol. The molecule has 0 saturated carbocycles. The van der Waals surface area contributed by atoms with Crippen LogP contribution >= 0.6 is 0 Å². The Kier molecular flexibility index (Phi) is 5.99. The van der Waals surface area contributed by atoms with E-state index in [1.165, 1.54) is 0 Å². The van der Waals surface area contributed by atoms with Crippen molar-refractivity contribution in [3.8, 4) is 17.2 Å². The molecule has 4 nitrogen and oxygen atoms in total. The van der Waals surface area contributed by atoms with Crippen molar-refractivity contribution in [3.63, 3.8) is 0 Å². The highest BCUT2D eigenvalue weighted by Crippen LogP contribution is 2.26. The molecule has 4 heteroatoms. The molecule has 0 aromatic heterocycles. The summed E-state index contributed by atoms with van der Waals surface area (Å²) >= 11 is 0. The molecule has 28 heavy (non-hydrogen) atoms. The number of para-hydroxylation sites is 1. The smallest absolute Gasteiger partial charge is 0.345 e. The topological polar surface area (TPSA) is 55.8 Å². The number of aliphatic carboxylic acids is 1. The fourth-order valence-corrected chi connectivity index (χ4v) is 2.99. The van der Waals surface area contributed by atoms with Gasteiger partial charge in [-0.3, -0.25) is 0 Å². The maximum atomic E-state index is 11.7. The molecule has 3 aromatic carbocycles. The molecule has 0 amide bonds. The summed E-state index contributed by atoms with van der Waals surface area (Å²) in [5.41, 5.74) is 3.96. The van der Waals surface area contributed by atoms with E-state index < -0.39 is 12.1 Å². The Bertz CT molecular complexity index is 946. The van der Waals surface area contributed by atoms with Crippen molar-refractivity contribution in [2.24, 2.45) is 0 Å². The van der Waals surface area contributed by atoms with Gasteiger partial charge in [-0.15, -0.1) is 0 Å². The third-order valence-electron chi connectivity index (χ3n) is 4.63. The number of carboxylic acid groups (broad SMARTS) is 1. The second kappa shape index (κ2) is 8.61. The van der Waals surface area contributed by atoms with Crippen molar-refractivity contribution in [2.45, 2.75) is 33.3 Å². The summed E-state index contributed by atoms with van der Waals surface area (Å²) in [6.07, 6.45) is -0.686. The highest BCUT2D eigenvalue weighted by molar-refractivity contribution is 5.73. The Morgan fingerprint density at radius 2 is 1.57 bits per heavy atom. The van der Waals surface area contributed by atoms with Gasteiger partial charge in [-0.05, 0) is 73.4 Å². The fraction of sp³-hybridized carbons (Fsp3) is 0.208. The number of aryl methyl sites for hydroxylation is 2. The third kappa shape index (κ3) is 4.92. The predicted octanol–water partition coefficient (Wildman–Crippen LogP) is 5.48. The van der Waals surface area contributed by atoms with Crippen molar-refractivity contribution in [3.05, 3.63) is 89.0 Å². The summed E-state index contributed by atoms with van der Waals surface area (Å²) < 4.78 is 11.6. The quantitative estimate of drug-likeness (QED) is 0.593. The molecule has 0 saturated heterocycles. The van der Waals surface area contributed by atoms with E-state index in [4.69, 9.17) is 9.47 Å². The summed E-state index contributed by atoms with van der Waals surface area (Å²) in [7, 11) is 0. The lowest BCUT2D eigenvalue weighted by molar-refractivity contribution is -0.145. The minimum atomic E-state index is -0.983. The first-order valence-electron chi connectivity index (χ1n) is 9.21. The van der Waals surface area contributed by atoms with Gasteiger partial charge in [0.15, 0.2) is 6.10 Å². The molecule has 0 radical (unpaired) electrons. The molecular formula is C24H24O4. The third-order valence-corrected chi connectivity index (χ3v) is 4.63. The first kappa shape index (κ1) is 19.5. The molecule has 0 aliphatic heterocycles. The molecule has 3 aromatic rings. The van der Waals surface area contributed by atoms with Gasteiger partial charge in [-0.2, -0.15) is 0 Å². The van der Waals surface area contributed by atoms with Gasteiger partial charge in [-0.25, -0.2) is 4.79 Å². The molecule has 1 N–H and O–H groups in total.